The fourth-order valence-electron chi connectivity index (χ4n) is 1.66. The van der Waals surface area contributed by atoms with Crippen LogP contribution in [0.3, 0.4) is 0 Å². The molecule has 4 heteroatoms. The van der Waals surface area contributed by atoms with Gasteiger partial charge in [-0.25, -0.2) is 9.97 Å². The molecule has 0 bridgehead atoms. The Kier molecular flexibility index (Phi) is 2.49. The predicted octanol–water partition coefficient (Wildman–Crippen LogP) is 2.04. The van der Waals surface area contributed by atoms with Crippen molar-refractivity contribution < 1.29 is 4.79 Å². The minimum Gasteiger partial charge on any atom is -0.306 e. The number of pyridine rings is 1. The molecule has 0 atom stereocenters. The molecule has 0 fully saturated rings. The second-order valence-electron chi connectivity index (χ2n) is 3.49. The number of imidazole rings is 1. The zero-order chi connectivity index (χ0) is 10.8. The standard InChI is InChI=1S/C11H13N3O/c1-3-7-14-10(8(2)15)13-9-5-4-6-12-11(9)14/h4-6H,3,7H2,1-2H3. The Morgan fingerprint density at radius 2 is 2.33 bits per heavy atom. The number of nitrogens with zero attached hydrogens (tertiary/aromatic N) is 3. The topological polar surface area (TPSA) is 47.8 Å². The van der Waals surface area contributed by atoms with E-state index in [9.17, 15) is 4.79 Å². The lowest BCUT2D eigenvalue weighted by Gasteiger charge is -2.03. The first kappa shape index (κ1) is 9.83. The van der Waals surface area contributed by atoms with E-state index in [1.807, 2.05) is 16.7 Å². The van der Waals surface area contributed by atoms with Gasteiger partial charge in [0.25, 0.3) is 0 Å². The Labute approximate surface area is 88.0 Å². The first-order chi connectivity index (χ1) is 7.24. The van der Waals surface area contributed by atoms with Crippen molar-refractivity contribution >= 4 is 16.9 Å². The number of aromatic nitrogens is 3. The number of carbonyl (C=O) groups excluding carboxylic acids is 1. The molecule has 2 aromatic rings. The van der Waals surface area contributed by atoms with Crippen molar-refractivity contribution in [2.75, 3.05) is 0 Å². The monoisotopic (exact) mass is 203 g/mol. The highest BCUT2D eigenvalue weighted by molar-refractivity contribution is 5.93. The molecule has 0 aromatic carbocycles. The van der Waals surface area contributed by atoms with E-state index in [1.54, 1.807) is 6.20 Å². The Morgan fingerprint density at radius 3 is 3.00 bits per heavy atom. The SMILES string of the molecule is CCCn1c(C(C)=O)nc2cccnc21. The first-order valence-electron chi connectivity index (χ1n) is 5.06. The third-order valence-electron chi connectivity index (χ3n) is 2.27. The van der Waals surface area contributed by atoms with E-state index >= 15 is 0 Å². The Balaban J connectivity index is 2.68. The van der Waals surface area contributed by atoms with Gasteiger partial charge in [-0.05, 0) is 18.6 Å². The van der Waals surface area contributed by atoms with Crippen molar-refractivity contribution in [2.24, 2.45) is 0 Å². The van der Waals surface area contributed by atoms with Gasteiger partial charge in [0.1, 0.15) is 5.52 Å². The van der Waals surface area contributed by atoms with Crippen molar-refractivity contribution in [1.29, 1.82) is 0 Å². The van der Waals surface area contributed by atoms with Gasteiger partial charge in [0.05, 0.1) is 0 Å². The molecule has 0 aliphatic rings. The van der Waals surface area contributed by atoms with Crippen LogP contribution in [0, 0.1) is 0 Å². The highest BCUT2D eigenvalue weighted by atomic mass is 16.1. The van der Waals surface area contributed by atoms with E-state index in [0.717, 1.165) is 24.1 Å². The lowest BCUT2D eigenvalue weighted by Crippen LogP contribution is -2.07. The first-order valence-corrected chi connectivity index (χ1v) is 5.06. The van der Waals surface area contributed by atoms with E-state index in [-0.39, 0.29) is 5.78 Å². The normalized spacial score (nSPS) is 10.8. The Morgan fingerprint density at radius 1 is 1.53 bits per heavy atom. The molecular weight excluding hydrogens is 190 g/mol. The van der Waals surface area contributed by atoms with Gasteiger partial charge >= 0.3 is 0 Å². The third kappa shape index (κ3) is 1.63. The van der Waals surface area contributed by atoms with Gasteiger partial charge in [-0.3, -0.25) is 4.79 Å². The number of Topliss-reactive ketones (excluding diaryl/α,β-unsaturated/α-hetero) is 1. The number of rotatable bonds is 3. The zero-order valence-corrected chi connectivity index (χ0v) is 8.90. The highest BCUT2D eigenvalue weighted by Gasteiger charge is 2.13. The van der Waals surface area contributed by atoms with Crippen LogP contribution in [0.15, 0.2) is 18.3 Å². The summed E-state index contributed by atoms with van der Waals surface area (Å²) in [5, 5.41) is 0. The van der Waals surface area contributed by atoms with Crippen molar-refractivity contribution in [1.82, 2.24) is 14.5 Å². The number of carbonyl (C=O) groups is 1. The number of hydrogen-bond donors (Lipinski definition) is 0. The van der Waals surface area contributed by atoms with Gasteiger partial charge in [0.2, 0.25) is 0 Å². The van der Waals surface area contributed by atoms with Crippen molar-refractivity contribution in [2.45, 2.75) is 26.8 Å². The van der Waals surface area contributed by atoms with Gasteiger partial charge < -0.3 is 4.57 Å². The summed E-state index contributed by atoms with van der Waals surface area (Å²) in [5.41, 5.74) is 1.58. The molecule has 0 amide bonds. The zero-order valence-electron chi connectivity index (χ0n) is 8.90. The Bertz CT molecular complexity index is 502. The lowest BCUT2D eigenvalue weighted by molar-refractivity contribution is 0.1000. The van der Waals surface area contributed by atoms with E-state index in [1.165, 1.54) is 6.92 Å². The quantitative estimate of drug-likeness (QED) is 0.717. The molecule has 0 saturated heterocycles. The van der Waals surface area contributed by atoms with Crippen LogP contribution in [0.5, 0.6) is 0 Å². The second-order valence-corrected chi connectivity index (χ2v) is 3.49. The molecule has 2 heterocycles. The molecule has 0 aliphatic carbocycles. The predicted molar refractivity (Wildman–Crippen MR) is 57.8 cm³/mol. The fourth-order valence-corrected chi connectivity index (χ4v) is 1.66. The Hall–Kier alpha value is -1.71. The summed E-state index contributed by atoms with van der Waals surface area (Å²) in [6.07, 6.45) is 2.68. The third-order valence-corrected chi connectivity index (χ3v) is 2.27. The summed E-state index contributed by atoms with van der Waals surface area (Å²) in [4.78, 5) is 19.9. The molecule has 78 valence electrons. The van der Waals surface area contributed by atoms with Gasteiger partial charge in [0, 0.05) is 19.7 Å². The minimum atomic E-state index is -0.0125. The second kappa shape index (κ2) is 3.81. The highest BCUT2D eigenvalue weighted by Crippen LogP contribution is 2.14. The van der Waals surface area contributed by atoms with Crippen molar-refractivity contribution in [3.63, 3.8) is 0 Å². The number of fused-ring (bicyclic) bond motifs is 1. The largest absolute Gasteiger partial charge is 0.306 e. The van der Waals surface area contributed by atoms with Gasteiger partial charge in [-0.2, -0.15) is 0 Å². The summed E-state index contributed by atoms with van der Waals surface area (Å²) in [5.74, 6) is 0.493. The number of ketones is 1. The summed E-state index contributed by atoms with van der Waals surface area (Å²) in [6.45, 7) is 4.38. The van der Waals surface area contributed by atoms with Crippen LogP contribution in [0.4, 0.5) is 0 Å². The van der Waals surface area contributed by atoms with Crippen LogP contribution in [0.2, 0.25) is 0 Å². The summed E-state index contributed by atoms with van der Waals surface area (Å²) in [7, 11) is 0. The fraction of sp³-hybridized carbons (Fsp3) is 0.364. The van der Waals surface area contributed by atoms with E-state index in [4.69, 9.17) is 0 Å². The van der Waals surface area contributed by atoms with Gasteiger partial charge in [-0.15, -0.1) is 0 Å². The van der Waals surface area contributed by atoms with Crippen molar-refractivity contribution in [3.8, 4) is 0 Å². The molecule has 0 spiro atoms. The number of aryl methyl sites for hydroxylation is 1. The molecule has 4 nitrogen and oxygen atoms in total. The van der Waals surface area contributed by atoms with E-state index in [0.29, 0.717) is 5.82 Å². The van der Waals surface area contributed by atoms with E-state index in [2.05, 4.69) is 16.9 Å². The summed E-state index contributed by atoms with van der Waals surface area (Å²) < 4.78 is 1.89. The molecule has 15 heavy (non-hydrogen) atoms. The molecule has 0 N–H and O–H groups in total. The van der Waals surface area contributed by atoms with Gasteiger partial charge in [0.15, 0.2) is 17.3 Å². The van der Waals surface area contributed by atoms with Crippen LogP contribution in [-0.2, 0) is 6.54 Å². The summed E-state index contributed by atoms with van der Waals surface area (Å²) >= 11 is 0. The van der Waals surface area contributed by atoms with Crippen LogP contribution < -0.4 is 0 Å². The average Bonchev–Trinajstić information content (AvgIpc) is 2.58. The maximum atomic E-state index is 11.4. The molecule has 0 unspecified atom stereocenters. The van der Waals surface area contributed by atoms with Crippen LogP contribution in [-0.4, -0.2) is 20.3 Å². The lowest BCUT2D eigenvalue weighted by atomic mass is 10.4. The van der Waals surface area contributed by atoms with Crippen LogP contribution in [0.1, 0.15) is 30.9 Å². The number of hydrogen-bond acceptors (Lipinski definition) is 3. The van der Waals surface area contributed by atoms with Crippen LogP contribution >= 0.6 is 0 Å². The molecule has 0 radical (unpaired) electrons. The van der Waals surface area contributed by atoms with Gasteiger partial charge in [-0.1, -0.05) is 6.92 Å². The van der Waals surface area contributed by atoms with Crippen molar-refractivity contribution in [3.05, 3.63) is 24.2 Å². The smallest absolute Gasteiger partial charge is 0.195 e. The molecule has 2 rings (SSSR count). The molecule has 2 aromatic heterocycles. The van der Waals surface area contributed by atoms with Crippen LogP contribution in [0.25, 0.3) is 11.2 Å². The minimum absolute atomic E-state index is 0.0125. The molecule has 0 aliphatic heterocycles. The molecule has 0 saturated carbocycles. The average molecular weight is 203 g/mol. The summed E-state index contributed by atoms with van der Waals surface area (Å²) in [6, 6.07) is 3.70. The van der Waals surface area contributed by atoms with E-state index < -0.39 is 0 Å². The maximum Gasteiger partial charge on any atom is 0.195 e. The maximum absolute atomic E-state index is 11.4. The molecular formula is C11H13N3O.